The molecule has 0 radical (unpaired) electrons. The highest BCUT2D eigenvalue weighted by molar-refractivity contribution is 6.19. The Hall–Kier alpha value is -6.95. The SMILES string of the molecule is C#CC#CC#CC#CC#CC#CC#CC#COC(=O)c1ccc(OC)c(NC(=O)C(C(=O)C(C)(C)C)N2C(=O)OC(C)(C)C2=O)c1. The van der Waals surface area contributed by atoms with E-state index in [1.165, 1.54) is 59.9 Å². The number of ketones is 1. The van der Waals surface area contributed by atoms with Gasteiger partial charge in [0, 0.05) is 46.9 Å². The molecule has 10 heteroatoms. The summed E-state index contributed by atoms with van der Waals surface area (Å²) in [4.78, 5) is 65.4. The number of nitrogens with one attached hydrogen (secondary N) is 1. The van der Waals surface area contributed by atoms with Crippen LogP contribution in [0.5, 0.6) is 5.75 Å². The summed E-state index contributed by atoms with van der Waals surface area (Å²) in [5.74, 6) is 29.8. The van der Waals surface area contributed by atoms with Crippen molar-refractivity contribution in [2.75, 3.05) is 12.4 Å². The molecule has 46 heavy (non-hydrogen) atoms. The quantitative estimate of drug-likeness (QED) is 0.294. The van der Waals surface area contributed by atoms with Crippen LogP contribution in [0.15, 0.2) is 18.2 Å². The monoisotopic (exact) mass is 612 g/mol. The van der Waals surface area contributed by atoms with E-state index in [1.807, 2.05) is 0 Å². The number of imide groups is 1. The standard InChI is InChI=1S/C36H24N2O8/c1-8-9-10-11-12-13-14-15-16-17-18-19-20-21-24-45-32(41)26-22-23-28(44-7)27(25-26)37-31(40)29(30(39)35(2,3)4)38-33(42)36(5,6)46-34(38)43/h1,22-23,25,29H,2-7H3,(H,37,40). The largest absolute Gasteiger partial charge is 0.495 e. The molecule has 1 atom stereocenters. The van der Waals surface area contributed by atoms with E-state index in [9.17, 15) is 24.0 Å². The number of anilines is 1. The van der Waals surface area contributed by atoms with Crippen LogP contribution in [-0.4, -0.2) is 53.3 Å². The van der Waals surface area contributed by atoms with E-state index in [-0.39, 0.29) is 17.0 Å². The maximum atomic E-state index is 13.5. The first-order valence-electron chi connectivity index (χ1n) is 13.0. The third-order valence-electron chi connectivity index (χ3n) is 5.48. The second-order valence-electron chi connectivity index (χ2n) is 10.2. The summed E-state index contributed by atoms with van der Waals surface area (Å²) in [7, 11) is 1.31. The third-order valence-corrected chi connectivity index (χ3v) is 5.48. The van der Waals surface area contributed by atoms with Crippen molar-refractivity contribution in [3.63, 3.8) is 0 Å². The number of cyclic esters (lactones) is 1. The topological polar surface area (TPSA) is 128 Å². The van der Waals surface area contributed by atoms with Crippen LogP contribution in [0.25, 0.3) is 0 Å². The second kappa shape index (κ2) is 16.0. The zero-order valence-corrected chi connectivity index (χ0v) is 25.6. The molecule has 1 aromatic rings. The summed E-state index contributed by atoms with van der Waals surface area (Å²) in [6, 6.07) is 2.05. The van der Waals surface area contributed by atoms with Crippen LogP contribution in [0.4, 0.5) is 10.5 Å². The number of ether oxygens (including phenoxy) is 3. The molecule has 0 aromatic heterocycles. The minimum atomic E-state index is -1.87. The molecule has 1 unspecified atom stereocenters. The molecule has 0 aliphatic carbocycles. The van der Waals surface area contributed by atoms with Gasteiger partial charge in [-0.15, -0.1) is 6.42 Å². The molecular weight excluding hydrogens is 588 g/mol. The Morgan fingerprint density at radius 3 is 1.87 bits per heavy atom. The first-order valence-corrected chi connectivity index (χ1v) is 13.0. The number of esters is 1. The summed E-state index contributed by atoms with van der Waals surface area (Å²) in [5.41, 5.74) is -2.81. The number of hydrogen-bond acceptors (Lipinski definition) is 8. The van der Waals surface area contributed by atoms with Crippen LogP contribution in [0.3, 0.4) is 0 Å². The fourth-order valence-electron chi connectivity index (χ4n) is 3.34. The average molecular weight is 613 g/mol. The fraction of sp³-hybridized carbons (Fsp3) is 0.250. The lowest BCUT2D eigenvalue weighted by atomic mass is 9.85. The Balaban J connectivity index is 2.19. The zero-order chi connectivity index (χ0) is 34.3. The first kappa shape index (κ1) is 35.2. The number of carbonyl (C=O) groups is 5. The predicted octanol–water partition coefficient (Wildman–Crippen LogP) is 2.15. The van der Waals surface area contributed by atoms with Crippen molar-refractivity contribution < 1.29 is 38.2 Å². The molecule has 1 saturated heterocycles. The van der Waals surface area contributed by atoms with Crippen molar-refractivity contribution in [1.29, 1.82) is 0 Å². The van der Waals surface area contributed by atoms with E-state index >= 15 is 0 Å². The number of hydrogen-bond donors (Lipinski definition) is 1. The Morgan fingerprint density at radius 2 is 1.41 bits per heavy atom. The molecule has 10 nitrogen and oxygen atoms in total. The average Bonchev–Trinajstić information content (AvgIpc) is 3.20. The van der Waals surface area contributed by atoms with Crippen LogP contribution < -0.4 is 10.1 Å². The summed E-state index contributed by atoms with van der Waals surface area (Å²) < 4.78 is 15.2. The Labute approximate surface area is 267 Å². The molecule has 1 aliphatic heterocycles. The normalized spacial score (nSPS) is 12.3. The van der Waals surface area contributed by atoms with E-state index in [0.29, 0.717) is 4.90 Å². The van der Waals surface area contributed by atoms with Gasteiger partial charge in [0.1, 0.15) is 11.9 Å². The van der Waals surface area contributed by atoms with Gasteiger partial charge in [0.05, 0.1) is 18.4 Å². The summed E-state index contributed by atoms with van der Waals surface area (Å²) in [6.45, 7) is 7.29. The van der Waals surface area contributed by atoms with E-state index in [2.05, 4.69) is 94.3 Å². The van der Waals surface area contributed by atoms with Gasteiger partial charge in [-0.2, -0.15) is 0 Å². The molecule has 1 aliphatic rings. The van der Waals surface area contributed by atoms with Gasteiger partial charge in [-0.05, 0) is 73.5 Å². The molecule has 1 N–H and O–H groups in total. The van der Waals surface area contributed by atoms with E-state index < -0.39 is 46.7 Å². The van der Waals surface area contributed by atoms with Gasteiger partial charge in [0.15, 0.2) is 17.4 Å². The second-order valence-corrected chi connectivity index (χ2v) is 10.2. The lowest BCUT2D eigenvalue weighted by Gasteiger charge is -2.28. The highest BCUT2D eigenvalue weighted by Crippen LogP contribution is 2.31. The number of carbonyl (C=O) groups excluding carboxylic acids is 5. The Morgan fingerprint density at radius 1 is 0.891 bits per heavy atom. The van der Waals surface area contributed by atoms with Gasteiger partial charge in [-0.3, -0.25) is 14.4 Å². The Bertz CT molecular complexity index is 1980. The van der Waals surface area contributed by atoms with Gasteiger partial charge < -0.3 is 19.5 Å². The molecule has 0 bridgehead atoms. The van der Waals surface area contributed by atoms with Crippen molar-refractivity contribution in [3.8, 4) is 101 Å². The molecule has 1 heterocycles. The van der Waals surface area contributed by atoms with E-state index in [4.69, 9.17) is 20.6 Å². The number of terminal acetylenes is 1. The number of benzene rings is 1. The van der Waals surface area contributed by atoms with Crippen molar-refractivity contribution >= 4 is 35.3 Å². The van der Waals surface area contributed by atoms with Crippen LogP contribution >= 0.6 is 0 Å². The third kappa shape index (κ3) is 9.81. The van der Waals surface area contributed by atoms with Gasteiger partial charge >= 0.3 is 12.1 Å². The maximum absolute atomic E-state index is 13.5. The van der Waals surface area contributed by atoms with Gasteiger partial charge in [-0.1, -0.05) is 20.8 Å². The number of rotatable bonds is 6. The van der Waals surface area contributed by atoms with Gasteiger partial charge in [0.25, 0.3) is 11.8 Å². The van der Waals surface area contributed by atoms with Crippen molar-refractivity contribution in [2.45, 2.75) is 46.3 Å². The fourth-order valence-corrected chi connectivity index (χ4v) is 3.34. The van der Waals surface area contributed by atoms with Crippen molar-refractivity contribution in [3.05, 3.63) is 23.8 Å². The molecular formula is C36H24N2O8. The molecule has 226 valence electrons. The molecule has 1 fully saturated rings. The van der Waals surface area contributed by atoms with Crippen LogP contribution in [0.2, 0.25) is 0 Å². The molecule has 2 rings (SSSR count). The summed E-state index contributed by atoms with van der Waals surface area (Å²) in [6.07, 6.45) is 5.92. The summed E-state index contributed by atoms with van der Waals surface area (Å²) >= 11 is 0. The molecule has 0 spiro atoms. The highest BCUT2D eigenvalue weighted by atomic mass is 16.6. The minimum absolute atomic E-state index is 0.0497. The molecule has 1 aromatic carbocycles. The lowest BCUT2D eigenvalue weighted by Crippen LogP contribution is -2.55. The van der Waals surface area contributed by atoms with Crippen molar-refractivity contribution in [1.82, 2.24) is 4.90 Å². The van der Waals surface area contributed by atoms with Crippen LogP contribution in [-0.2, 0) is 23.9 Å². The van der Waals surface area contributed by atoms with E-state index in [0.717, 1.165) is 0 Å². The molecule has 3 amide bonds. The number of methoxy groups -OCH3 is 1. The van der Waals surface area contributed by atoms with Gasteiger partial charge in [0.2, 0.25) is 0 Å². The predicted molar refractivity (Wildman–Crippen MR) is 166 cm³/mol. The van der Waals surface area contributed by atoms with Crippen LogP contribution in [0, 0.1) is 101 Å². The first-order chi connectivity index (χ1) is 21.7. The zero-order valence-electron chi connectivity index (χ0n) is 25.6. The minimum Gasteiger partial charge on any atom is -0.495 e. The summed E-state index contributed by atoms with van der Waals surface area (Å²) in [5, 5.41) is 2.47. The number of nitrogens with zero attached hydrogens (tertiary/aromatic N) is 1. The van der Waals surface area contributed by atoms with Crippen LogP contribution in [0.1, 0.15) is 45.0 Å². The smallest absolute Gasteiger partial charge is 0.418 e. The maximum Gasteiger partial charge on any atom is 0.418 e. The number of Topliss-reactive ketones (excluding diaryl/α,β-unsaturated/α-hetero) is 1. The van der Waals surface area contributed by atoms with Gasteiger partial charge in [-0.25, -0.2) is 14.5 Å². The molecule has 0 saturated carbocycles. The Kier molecular flexibility index (Phi) is 12.3. The van der Waals surface area contributed by atoms with E-state index in [1.54, 1.807) is 0 Å². The highest BCUT2D eigenvalue weighted by Gasteiger charge is 2.55. The lowest BCUT2D eigenvalue weighted by molar-refractivity contribution is -0.145. The van der Waals surface area contributed by atoms with Crippen molar-refractivity contribution in [2.24, 2.45) is 5.41 Å². The number of amides is 3.